The number of benzene rings is 3. The van der Waals surface area contributed by atoms with Gasteiger partial charge in [0.1, 0.15) is 0 Å². The van der Waals surface area contributed by atoms with E-state index in [1.54, 1.807) is 0 Å². The van der Waals surface area contributed by atoms with Crippen LogP contribution in [-0.2, 0) is 0 Å². The van der Waals surface area contributed by atoms with Crippen LogP contribution in [0.1, 0.15) is 11.1 Å². The summed E-state index contributed by atoms with van der Waals surface area (Å²) in [6.07, 6.45) is 0. The summed E-state index contributed by atoms with van der Waals surface area (Å²) in [6.45, 7) is 11.5. The second-order valence-corrected chi connectivity index (χ2v) is 13.8. The third-order valence-electron chi connectivity index (χ3n) is 5.24. The van der Waals surface area contributed by atoms with Crippen molar-refractivity contribution in [3.05, 3.63) is 83.9 Å². The van der Waals surface area contributed by atoms with Crippen molar-refractivity contribution in [2.45, 2.75) is 33.5 Å². The van der Waals surface area contributed by atoms with Gasteiger partial charge < -0.3 is 0 Å². The Morgan fingerprint density at radius 1 is 0.679 bits per heavy atom. The fourth-order valence-corrected chi connectivity index (χ4v) is 5.53. The van der Waals surface area contributed by atoms with Crippen molar-refractivity contribution in [3.63, 3.8) is 0 Å². The minimum absolute atomic E-state index is 1.05. The molecule has 0 fully saturated rings. The number of fused-ring (bicyclic) bond motifs is 1. The van der Waals surface area contributed by atoms with Crippen LogP contribution in [0.15, 0.2) is 72.8 Å². The van der Waals surface area contributed by atoms with Gasteiger partial charge >= 0.3 is 0 Å². The molecule has 0 N–H and O–H groups in total. The molecule has 0 atom stereocenters. The molecule has 0 aliphatic heterocycles. The highest BCUT2D eigenvalue weighted by atomic mass is 28.3. The van der Waals surface area contributed by atoms with Gasteiger partial charge in [-0.2, -0.15) is 0 Å². The zero-order valence-electron chi connectivity index (χ0n) is 17.4. The van der Waals surface area contributed by atoms with Crippen LogP contribution in [0.3, 0.4) is 0 Å². The van der Waals surface area contributed by atoms with Crippen LogP contribution in [0.2, 0.25) is 19.6 Å². The lowest BCUT2D eigenvalue weighted by Gasteiger charge is -2.22. The van der Waals surface area contributed by atoms with Gasteiger partial charge in [0.05, 0.1) is 19.3 Å². The lowest BCUT2D eigenvalue weighted by Crippen LogP contribution is -2.39. The number of aromatic nitrogens is 1. The van der Waals surface area contributed by atoms with E-state index in [-0.39, 0.29) is 0 Å². The van der Waals surface area contributed by atoms with E-state index < -0.39 is 8.07 Å². The largest absolute Gasteiger partial charge is 0.248 e. The van der Waals surface area contributed by atoms with Crippen LogP contribution in [0.4, 0.5) is 0 Å². The number of hydrogen-bond acceptors (Lipinski definition) is 1. The molecule has 1 heterocycles. The van der Waals surface area contributed by atoms with Crippen molar-refractivity contribution in [3.8, 4) is 22.4 Å². The lowest BCUT2D eigenvalue weighted by molar-refractivity contribution is 1.34. The van der Waals surface area contributed by atoms with Gasteiger partial charge in [-0.25, -0.2) is 4.98 Å². The predicted octanol–water partition coefficient (Wildman–Crippen LogP) is 6.73. The normalized spacial score (nSPS) is 11.8. The highest BCUT2D eigenvalue weighted by molar-refractivity contribution is 6.89. The monoisotopic (exact) mass is 381 g/mol. The molecule has 140 valence electrons. The first kappa shape index (κ1) is 18.6. The van der Waals surface area contributed by atoms with Crippen LogP contribution < -0.4 is 5.19 Å². The molecule has 1 nitrogen and oxygen atoms in total. The van der Waals surface area contributed by atoms with Crippen LogP contribution in [0, 0.1) is 13.8 Å². The molecule has 3 aromatic carbocycles. The minimum atomic E-state index is -1.53. The first-order valence-electron chi connectivity index (χ1n) is 9.91. The van der Waals surface area contributed by atoms with E-state index in [2.05, 4.69) is 106 Å². The molecule has 2 heteroatoms. The third kappa shape index (κ3) is 3.65. The van der Waals surface area contributed by atoms with Gasteiger partial charge in [0.2, 0.25) is 0 Å². The number of nitrogens with zero attached hydrogens (tertiary/aromatic N) is 1. The number of hydrogen-bond donors (Lipinski definition) is 0. The average Bonchev–Trinajstić information content (AvgIpc) is 2.66. The first-order chi connectivity index (χ1) is 13.3. The zero-order valence-corrected chi connectivity index (χ0v) is 18.4. The van der Waals surface area contributed by atoms with E-state index in [1.165, 1.54) is 38.4 Å². The number of aryl methyl sites for hydroxylation is 2. The quantitative estimate of drug-likeness (QED) is 0.358. The SMILES string of the molecule is Cc1cc(C)cc(-c2ccc3cc(-c4ccccc4)c([Si](C)(C)C)cc3n2)c1. The average molecular weight is 382 g/mol. The van der Waals surface area contributed by atoms with E-state index in [0.717, 1.165) is 11.2 Å². The molecule has 0 aliphatic carbocycles. The molecular formula is C26H27NSi. The van der Waals surface area contributed by atoms with E-state index in [1.807, 2.05) is 0 Å². The molecule has 4 aromatic rings. The Morgan fingerprint density at radius 2 is 1.36 bits per heavy atom. The summed E-state index contributed by atoms with van der Waals surface area (Å²) >= 11 is 0. The Morgan fingerprint density at radius 3 is 2.00 bits per heavy atom. The summed E-state index contributed by atoms with van der Waals surface area (Å²) in [5.74, 6) is 0. The van der Waals surface area contributed by atoms with E-state index in [4.69, 9.17) is 4.98 Å². The van der Waals surface area contributed by atoms with Crippen LogP contribution in [0.5, 0.6) is 0 Å². The van der Waals surface area contributed by atoms with Crippen molar-refractivity contribution in [1.82, 2.24) is 4.98 Å². The van der Waals surface area contributed by atoms with Gasteiger partial charge in [-0.05, 0) is 55.3 Å². The van der Waals surface area contributed by atoms with Gasteiger partial charge in [0.25, 0.3) is 0 Å². The van der Waals surface area contributed by atoms with Crippen LogP contribution in [0.25, 0.3) is 33.3 Å². The fraction of sp³-hybridized carbons (Fsp3) is 0.192. The van der Waals surface area contributed by atoms with E-state index in [0.29, 0.717) is 0 Å². The Kier molecular flexibility index (Phi) is 4.68. The van der Waals surface area contributed by atoms with Gasteiger partial charge in [-0.15, -0.1) is 0 Å². The molecule has 0 amide bonds. The van der Waals surface area contributed by atoms with Crippen LogP contribution >= 0.6 is 0 Å². The molecule has 0 bridgehead atoms. The Hall–Kier alpha value is -2.71. The fourth-order valence-electron chi connectivity index (χ4n) is 3.93. The number of rotatable bonds is 3. The molecule has 1 aromatic heterocycles. The van der Waals surface area contributed by atoms with Gasteiger partial charge in [-0.1, -0.05) is 78.4 Å². The molecule has 0 radical (unpaired) electrons. The lowest BCUT2D eigenvalue weighted by atomic mass is 10.0. The molecule has 0 unspecified atom stereocenters. The van der Waals surface area contributed by atoms with Crippen molar-refractivity contribution in [2.24, 2.45) is 0 Å². The van der Waals surface area contributed by atoms with Gasteiger partial charge in [0.15, 0.2) is 0 Å². The predicted molar refractivity (Wildman–Crippen MR) is 125 cm³/mol. The molecule has 0 saturated carbocycles. The topological polar surface area (TPSA) is 12.9 Å². The second kappa shape index (κ2) is 7.03. The van der Waals surface area contributed by atoms with E-state index >= 15 is 0 Å². The van der Waals surface area contributed by atoms with Crippen molar-refractivity contribution < 1.29 is 0 Å². The van der Waals surface area contributed by atoms with Crippen molar-refractivity contribution in [2.75, 3.05) is 0 Å². The van der Waals surface area contributed by atoms with Crippen LogP contribution in [-0.4, -0.2) is 13.1 Å². The summed E-state index contributed by atoms with van der Waals surface area (Å²) in [6, 6.07) is 26.4. The standard InChI is InChI=1S/C26H27NSi/c1-18-13-19(2)15-22(14-18)24-12-11-21-16-23(20-9-7-6-8-10-20)26(28(3,4)5)17-25(21)27-24/h6-17H,1-5H3. The smallest absolute Gasteiger partial charge is 0.0785 e. The highest BCUT2D eigenvalue weighted by Crippen LogP contribution is 2.28. The van der Waals surface area contributed by atoms with Crippen molar-refractivity contribution >= 4 is 24.2 Å². The third-order valence-corrected chi connectivity index (χ3v) is 7.27. The molecule has 0 aliphatic rings. The molecule has 4 rings (SSSR count). The molecule has 28 heavy (non-hydrogen) atoms. The Balaban J connectivity index is 1.93. The van der Waals surface area contributed by atoms with Gasteiger partial charge in [0, 0.05) is 10.9 Å². The highest BCUT2D eigenvalue weighted by Gasteiger charge is 2.22. The maximum absolute atomic E-state index is 5.06. The summed E-state index contributed by atoms with van der Waals surface area (Å²) < 4.78 is 0. The van der Waals surface area contributed by atoms with Gasteiger partial charge in [-0.3, -0.25) is 0 Å². The Bertz CT molecular complexity index is 1130. The first-order valence-corrected chi connectivity index (χ1v) is 13.4. The zero-order chi connectivity index (χ0) is 19.9. The summed E-state index contributed by atoms with van der Waals surface area (Å²) in [5, 5.41) is 2.67. The summed E-state index contributed by atoms with van der Waals surface area (Å²) in [7, 11) is -1.53. The maximum Gasteiger partial charge on any atom is 0.0785 e. The Labute approximate surface area is 169 Å². The maximum atomic E-state index is 5.06. The summed E-state index contributed by atoms with van der Waals surface area (Å²) in [4.78, 5) is 5.06. The molecular weight excluding hydrogens is 354 g/mol. The molecule has 0 saturated heterocycles. The number of pyridine rings is 1. The van der Waals surface area contributed by atoms with Crippen molar-refractivity contribution in [1.29, 1.82) is 0 Å². The van der Waals surface area contributed by atoms with E-state index in [9.17, 15) is 0 Å². The molecule has 0 spiro atoms. The minimum Gasteiger partial charge on any atom is -0.248 e. The summed E-state index contributed by atoms with van der Waals surface area (Å²) in [5.41, 5.74) is 8.54. The second-order valence-electron chi connectivity index (χ2n) is 8.78.